The number of nitrogens with two attached hydrogens (primary N) is 1. The van der Waals surface area contributed by atoms with E-state index in [2.05, 4.69) is 11.4 Å². The van der Waals surface area contributed by atoms with Gasteiger partial charge in [0.2, 0.25) is 0 Å². The highest BCUT2D eigenvalue weighted by Crippen LogP contribution is 2.23. The van der Waals surface area contributed by atoms with Crippen molar-refractivity contribution in [1.29, 1.82) is 0 Å². The molecule has 0 bridgehead atoms. The maximum Gasteiger partial charge on any atom is 0.258 e. The molecule has 1 aromatic carbocycles. The molecule has 0 radical (unpaired) electrons. The summed E-state index contributed by atoms with van der Waals surface area (Å²) in [5.41, 5.74) is 8.03. The molecule has 3 N–H and O–H groups in total. The van der Waals surface area contributed by atoms with Gasteiger partial charge in [0.25, 0.3) is 5.91 Å². The molecule has 116 valence electrons. The Labute approximate surface area is 127 Å². The van der Waals surface area contributed by atoms with Crippen molar-refractivity contribution in [2.24, 2.45) is 11.7 Å². The molecule has 0 saturated heterocycles. The van der Waals surface area contributed by atoms with Crippen molar-refractivity contribution in [1.82, 2.24) is 5.32 Å². The molecule has 1 amide bonds. The Morgan fingerprint density at radius 3 is 2.81 bits per heavy atom. The van der Waals surface area contributed by atoms with Crippen LogP contribution in [0.2, 0.25) is 0 Å². The minimum atomic E-state index is -0.0553. The molecule has 4 nitrogen and oxygen atoms in total. The van der Waals surface area contributed by atoms with Gasteiger partial charge < -0.3 is 15.8 Å². The van der Waals surface area contributed by atoms with E-state index in [4.69, 9.17) is 10.5 Å². The normalized spacial score (nSPS) is 21.9. The number of hydrogen-bond acceptors (Lipinski definition) is 3. The van der Waals surface area contributed by atoms with E-state index in [1.165, 1.54) is 18.4 Å². The number of nitrogens with one attached hydrogen (secondary N) is 1. The summed E-state index contributed by atoms with van der Waals surface area (Å²) < 4.78 is 5.62. The van der Waals surface area contributed by atoms with Gasteiger partial charge in [-0.15, -0.1) is 0 Å². The van der Waals surface area contributed by atoms with Gasteiger partial charge in [0.05, 0.1) is 0 Å². The molecule has 2 rings (SSSR count). The SMILES string of the molecule is Cc1ccc(OCC(=O)NC2CCCCC2CN)c(C)c1. The molecule has 0 spiro atoms. The second-order valence-electron chi connectivity index (χ2n) is 6.01. The van der Waals surface area contributed by atoms with Gasteiger partial charge in [-0.3, -0.25) is 4.79 Å². The molecule has 2 unspecified atom stereocenters. The number of rotatable bonds is 5. The highest BCUT2D eigenvalue weighted by Gasteiger charge is 2.25. The van der Waals surface area contributed by atoms with Crippen molar-refractivity contribution in [2.45, 2.75) is 45.6 Å². The molecule has 1 aliphatic carbocycles. The molecule has 1 aromatic rings. The third-order valence-corrected chi connectivity index (χ3v) is 4.25. The van der Waals surface area contributed by atoms with Crippen molar-refractivity contribution in [3.05, 3.63) is 29.3 Å². The maximum absolute atomic E-state index is 12.0. The van der Waals surface area contributed by atoms with Crippen molar-refractivity contribution >= 4 is 5.91 Å². The van der Waals surface area contributed by atoms with Crippen LogP contribution in [0.4, 0.5) is 0 Å². The molecule has 0 aromatic heterocycles. The predicted molar refractivity (Wildman–Crippen MR) is 84.4 cm³/mol. The molecule has 1 fully saturated rings. The van der Waals surface area contributed by atoms with Crippen LogP contribution >= 0.6 is 0 Å². The Bertz CT molecular complexity index is 488. The predicted octanol–water partition coefficient (Wildman–Crippen LogP) is 2.32. The highest BCUT2D eigenvalue weighted by atomic mass is 16.5. The number of benzene rings is 1. The summed E-state index contributed by atoms with van der Waals surface area (Å²) in [4.78, 5) is 12.0. The lowest BCUT2D eigenvalue weighted by Crippen LogP contribution is -2.46. The summed E-state index contributed by atoms with van der Waals surface area (Å²) in [6.07, 6.45) is 4.52. The fourth-order valence-electron chi connectivity index (χ4n) is 3.03. The molecule has 0 aliphatic heterocycles. The minimum absolute atomic E-state index is 0.0553. The van der Waals surface area contributed by atoms with E-state index >= 15 is 0 Å². The zero-order chi connectivity index (χ0) is 15.2. The van der Waals surface area contributed by atoms with Crippen LogP contribution < -0.4 is 15.8 Å². The Balaban J connectivity index is 1.84. The Morgan fingerprint density at radius 1 is 1.33 bits per heavy atom. The maximum atomic E-state index is 12.0. The highest BCUT2D eigenvalue weighted by molar-refractivity contribution is 5.77. The summed E-state index contributed by atoms with van der Waals surface area (Å²) in [6.45, 7) is 4.74. The summed E-state index contributed by atoms with van der Waals surface area (Å²) in [5.74, 6) is 1.12. The Morgan fingerprint density at radius 2 is 2.10 bits per heavy atom. The molecular weight excluding hydrogens is 264 g/mol. The third-order valence-electron chi connectivity index (χ3n) is 4.25. The van der Waals surface area contributed by atoms with Crippen LogP contribution in [0.1, 0.15) is 36.8 Å². The number of carbonyl (C=O) groups excluding carboxylic acids is 1. The molecule has 0 heterocycles. The fraction of sp³-hybridized carbons (Fsp3) is 0.588. The zero-order valence-corrected chi connectivity index (χ0v) is 13.0. The molecule has 2 atom stereocenters. The quantitative estimate of drug-likeness (QED) is 0.874. The van der Waals surface area contributed by atoms with E-state index in [1.807, 2.05) is 26.0 Å². The fourth-order valence-corrected chi connectivity index (χ4v) is 3.03. The van der Waals surface area contributed by atoms with E-state index in [9.17, 15) is 4.79 Å². The number of carbonyl (C=O) groups is 1. The van der Waals surface area contributed by atoms with Gasteiger partial charge in [-0.1, -0.05) is 30.5 Å². The van der Waals surface area contributed by atoms with Crippen molar-refractivity contribution in [2.75, 3.05) is 13.2 Å². The first kappa shape index (κ1) is 15.8. The lowest BCUT2D eigenvalue weighted by Gasteiger charge is -2.31. The second kappa shape index (κ2) is 7.46. The topological polar surface area (TPSA) is 64.3 Å². The van der Waals surface area contributed by atoms with E-state index in [1.54, 1.807) is 0 Å². The molecule has 1 aliphatic rings. The van der Waals surface area contributed by atoms with E-state index in [-0.39, 0.29) is 18.6 Å². The van der Waals surface area contributed by atoms with Crippen LogP contribution in [0.25, 0.3) is 0 Å². The molecule has 21 heavy (non-hydrogen) atoms. The van der Waals surface area contributed by atoms with Crippen LogP contribution in [0.5, 0.6) is 5.75 Å². The van der Waals surface area contributed by atoms with Gasteiger partial charge in [0.15, 0.2) is 6.61 Å². The third kappa shape index (κ3) is 4.46. The number of amides is 1. The van der Waals surface area contributed by atoms with Gasteiger partial charge in [-0.25, -0.2) is 0 Å². The monoisotopic (exact) mass is 290 g/mol. The number of ether oxygens (including phenoxy) is 1. The van der Waals surface area contributed by atoms with Gasteiger partial charge in [0, 0.05) is 6.04 Å². The van der Waals surface area contributed by atoms with Crippen molar-refractivity contribution in [3.63, 3.8) is 0 Å². The first-order valence-corrected chi connectivity index (χ1v) is 7.79. The lowest BCUT2D eigenvalue weighted by atomic mass is 9.84. The average molecular weight is 290 g/mol. The minimum Gasteiger partial charge on any atom is -0.484 e. The largest absolute Gasteiger partial charge is 0.484 e. The smallest absolute Gasteiger partial charge is 0.258 e. The van der Waals surface area contributed by atoms with Gasteiger partial charge in [-0.2, -0.15) is 0 Å². The van der Waals surface area contributed by atoms with Crippen LogP contribution in [-0.4, -0.2) is 25.1 Å². The second-order valence-corrected chi connectivity index (χ2v) is 6.01. The van der Waals surface area contributed by atoms with Crippen molar-refractivity contribution < 1.29 is 9.53 Å². The van der Waals surface area contributed by atoms with Gasteiger partial charge >= 0.3 is 0 Å². The summed E-state index contributed by atoms with van der Waals surface area (Å²) in [5, 5.41) is 3.08. The molecular formula is C17H26N2O2. The van der Waals surface area contributed by atoms with E-state index < -0.39 is 0 Å². The summed E-state index contributed by atoms with van der Waals surface area (Å²) >= 11 is 0. The zero-order valence-electron chi connectivity index (χ0n) is 13.0. The van der Waals surface area contributed by atoms with E-state index in [0.717, 1.165) is 24.2 Å². The Hall–Kier alpha value is -1.55. The van der Waals surface area contributed by atoms with Crippen molar-refractivity contribution in [3.8, 4) is 5.75 Å². The molecule has 1 saturated carbocycles. The van der Waals surface area contributed by atoms with Crippen LogP contribution in [0, 0.1) is 19.8 Å². The van der Waals surface area contributed by atoms with Gasteiger partial charge in [0.1, 0.15) is 5.75 Å². The summed E-state index contributed by atoms with van der Waals surface area (Å²) in [7, 11) is 0. The first-order chi connectivity index (χ1) is 10.1. The Kier molecular flexibility index (Phi) is 5.62. The van der Waals surface area contributed by atoms with Crippen LogP contribution in [0.3, 0.4) is 0 Å². The average Bonchev–Trinajstić information content (AvgIpc) is 2.47. The van der Waals surface area contributed by atoms with Crippen LogP contribution in [-0.2, 0) is 4.79 Å². The summed E-state index contributed by atoms with van der Waals surface area (Å²) in [6, 6.07) is 6.17. The lowest BCUT2D eigenvalue weighted by molar-refractivity contribution is -0.124. The van der Waals surface area contributed by atoms with Crippen LogP contribution in [0.15, 0.2) is 18.2 Å². The number of aryl methyl sites for hydroxylation is 2. The first-order valence-electron chi connectivity index (χ1n) is 7.79. The number of hydrogen-bond donors (Lipinski definition) is 2. The van der Waals surface area contributed by atoms with E-state index in [0.29, 0.717) is 12.5 Å². The van der Waals surface area contributed by atoms with Gasteiger partial charge in [-0.05, 0) is 50.8 Å². The molecule has 4 heteroatoms. The standard InChI is InChI=1S/C17H26N2O2/c1-12-7-8-16(13(2)9-12)21-11-17(20)19-15-6-4-3-5-14(15)10-18/h7-9,14-15H,3-6,10-11,18H2,1-2H3,(H,19,20).